The third kappa shape index (κ3) is 5.92. The number of hydrogen-bond donors (Lipinski definition) is 1. The van der Waals surface area contributed by atoms with Crippen molar-refractivity contribution >= 4 is 15.9 Å². The Morgan fingerprint density at radius 2 is 1.85 bits per heavy atom. The number of benzene rings is 1. The van der Waals surface area contributed by atoms with Crippen LogP contribution < -0.4 is 5.32 Å². The van der Waals surface area contributed by atoms with Crippen molar-refractivity contribution in [3.8, 4) is 0 Å². The summed E-state index contributed by atoms with van der Waals surface area (Å²) in [6.07, 6.45) is 8.32. The van der Waals surface area contributed by atoms with Crippen LogP contribution in [0.1, 0.15) is 70.4 Å². The Hall–Kier alpha value is -0.410. The van der Waals surface area contributed by atoms with Gasteiger partial charge in [0.1, 0.15) is 5.82 Å². The highest BCUT2D eigenvalue weighted by Gasteiger charge is 2.17. The zero-order chi connectivity index (χ0) is 14.8. The van der Waals surface area contributed by atoms with E-state index in [0.29, 0.717) is 0 Å². The molecule has 0 aliphatic heterocycles. The molecule has 0 radical (unpaired) electrons. The van der Waals surface area contributed by atoms with E-state index in [-0.39, 0.29) is 11.9 Å². The fraction of sp³-hybridized carbons (Fsp3) is 0.647. The average Bonchev–Trinajstić information content (AvgIpc) is 2.43. The van der Waals surface area contributed by atoms with Gasteiger partial charge in [0.25, 0.3) is 0 Å². The molecule has 1 nitrogen and oxygen atoms in total. The summed E-state index contributed by atoms with van der Waals surface area (Å²) in [4.78, 5) is 0. The highest BCUT2D eigenvalue weighted by molar-refractivity contribution is 9.10. The van der Waals surface area contributed by atoms with Gasteiger partial charge < -0.3 is 5.32 Å². The standard InChI is InChI=1S/C17H27BrFN/c1-3-5-6-7-8-12-16(20-13-4-2)17-14(18)10-9-11-15(17)19/h9-11,16,20H,3-8,12-13H2,1-2H3. The first-order valence-electron chi connectivity index (χ1n) is 7.88. The second-order valence-electron chi connectivity index (χ2n) is 5.34. The van der Waals surface area contributed by atoms with Gasteiger partial charge in [-0.2, -0.15) is 0 Å². The van der Waals surface area contributed by atoms with Gasteiger partial charge in [-0.3, -0.25) is 0 Å². The Balaban J connectivity index is 2.63. The topological polar surface area (TPSA) is 12.0 Å². The molecule has 3 heteroatoms. The molecule has 1 N–H and O–H groups in total. The maximum Gasteiger partial charge on any atom is 0.129 e. The van der Waals surface area contributed by atoms with Gasteiger partial charge >= 0.3 is 0 Å². The summed E-state index contributed by atoms with van der Waals surface area (Å²) in [7, 11) is 0. The Labute approximate surface area is 131 Å². The van der Waals surface area contributed by atoms with Gasteiger partial charge in [-0.15, -0.1) is 0 Å². The van der Waals surface area contributed by atoms with Crippen molar-refractivity contribution in [1.82, 2.24) is 5.32 Å². The third-order valence-electron chi connectivity index (χ3n) is 3.59. The number of nitrogens with one attached hydrogen (secondary N) is 1. The van der Waals surface area contributed by atoms with Gasteiger partial charge in [0.15, 0.2) is 0 Å². The van der Waals surface area contributed by atoms with Crippen molar-refractivity contribution in [2.24, 2.45) is 0 Å². The summed E-state index contributed by atoms with van der Waals surface area (Å²) in [6, 6.07) is 5.35. The molecule has 0 fully saturated rings. The highest BCUT2D eigenvalue weighted by Crippen LogP contribution is 2.29. The largest absolute Gasteiger partial charge is 0.310 e. The molecule has 1 unspecified atom stereocenters. The van der Waals surface area contributed by atoms with Gasteiger partial charge in [-0.1, -0.05) is 67.9 Å². The van der Waals surface area contributed by atoms with Crippen LogP contribution in [-0.2, 0) is 0 Å². The van der Waals surface area contributed by atoms with E-state index in [1.54, 1.807) is 12.1 Å². The summed E-state index contributed by atoms with van der Waals surface area (Å²) in [6.45, 7) is 5.30. The lowest BCUT2D eigenvalue weighted by molar-refractivity contribution is 0.448. The van der Waals surface area contributed by atoms with Crippen molar-refractivity contribution < 1.29 is 4.39 Å². The number of halogens is 2. The molecule has 1 atom stereocenters. The van der Waals surface area contributed by atoms with E-state index in [1.165, 1.54) is 25.7 Å². The smallest absolute Gasteiger partial charge is 0.129 e. The summed E-state index contributed by atoms with van der Waals surface area (Å²) in [5.74, 6) is -0.110. The van der Waals surface area contributed by atoms with E-state index < -0.39 is 0 Å². The van der Waals surface area contributed by atoms with E-state index in [0.717, 1.165) is 35.8 Å². The lowest BCUT2D eigenvalue weighted by atomic mass is 9.99. The minimum absolute atomic E-state index is 0.110. The summed E-state index contributed by atoms with van der Waals surface area (Å²) >= 11 is 3.49. The lowest BCUT2D eigenvalue weighted by Crippen LogP contribution is -2.23. The lowest BCUT2D eigenvalue weighted by Gasteiger charge is -2.21. The molecule has 0 aromatic heterocycles. The van der Waals surface area contributed by atoms with Crippen LogP contribution in [0.3, 0.4) is 0 Å². The molecule has 20 heavy (non-hydrogen) atoms. The van der Waals surface area contributed by atoms with Crippen LogP contribution in [-0.4, -0.2) is 6.54 Å². The Morgan fingerprint density at radius 3 is 2.50 bits per heavy atom. The van der Waals surface area contributed by atoms with E-state index in [2.05, 4.69) is 35.1 Å². The maximum absolute atomic E-state index is 14.1. The summed E-state index contributed by atoms with van der Waals surface area (Å²) < 4.78 is 15.0. The van der Waals surface area contributed by atoms with Gasteiger partial charge in [0.2, 0.25) is 0 Å². The van der Waals surface area contributed by atoms with Crippen molar-refractivity contribution in [3.63, 3.8) is 0 Å². The molecular formula is C17H27BrFN. The first kappa shape index (κ1) is 17.6. The van der Waals surface area contributed by atoms with Crippen LogP contribution in [0.2, 0.25) is 0 Å². The predicted molar refractivity (Wildman–Crippen MR) is 88.5 cm³/mol. The molecule has 0 aliphatic rings. The molecule has 0 aliphatic carbocycles. The van der Waals surface area contributed by atoms with Gasteiger partial charge in [0, 0.05) is 16.1 Å². The van der Waals surface area contributed by atoms with Crippen LogP contribution in [0.15, 0.2) is 22.7 Å². The monoisotopic (exact) mass is 343 g/mol. The Morgan fingerprint density at radius 1 is 1.10 bits per heavy atom. The van der Waals surface area contributed by atoms with Crippen molar-refractivity contribution in [2.75, 3.05) is 6.54 Å². The predicted octanol–water partition coefficient (Wildman–Crippen LogP) is 5.99. The van der Waals surface area contributed by atoms with E-state index in [4.69, 9.17) is 0 Å². The second kappa shape index (κ2) is 10.3. The number of hydrogen-bond acceptors (Lipinski definition) is 1. The molecule has 1 rings (SSSR count). The minimum Gasteiger partial charge on any atom is -0.310 e. The quantitative estimate of drug-likeness (QED) is 0.514. The van der Waals surface area contributed by atoms with E-state index in [1.807, 2.05) is 6.07 Å². The zero-order valence-corrected chi connectivity index (χ0v) is 14.3. The maximum atomic E-state index is 14.1. The second-order valence-corrected chi connectivity index (χ2v) is 6.20. The average molecular weight is 344 g/mol. The van der Waals surface area contributed by atoms with Gasteiger partial charge in [0.05, 0.1) is 0 Å². The zero-order valence-electron chi connectivity index (χ0n) is 12.7. The molecule has 0 heterocycles. The van der Waals surface area contributed by atoms with Crippen molar-refractivity contribution in [2.45, 2.75) is 64.8 Å². The van der Waals surface area contributed by atoms with Crippen molar-refractivity contribution in [3.05, 3.63) is 34.1 Å². The van der Waals surface area contributed by atoms with Crippen LogP contribution >= 0.6 is 15.9 Å². The first-order valence-corrected chi connectivity index (χ1v) is 8.67. The third-order valence-corrected chi connectivity index (χ3v) is 4.28. The highest BCUT2D eigenvalue weighted by atomic mass is 79.9. The molecule has 0 saturated heterocycles. The molecule has 0 spiro atoms. The SMILES string of the molecule is CCCCCCCC(NCCC)c1c(F)cccc1Br. The van der Waals surface area contributed by atoms with Gasteiger partial charge in [-0.25, -0.2) is 4.39 Å². The van der Waals surface area contributed by atoms with E-state index >= 15 is 0 Å². The van der Waals surface area contributed by atoms with E-state index in [9.17, 15) is 4.39 Å². The molecule has 0 bridgehead atoms. The molecule has 0 saturated carbocycles. The fourth-order valence-corrected chi connectivity index (χ4v) is 3.08. The van der Waals surface area contributed by atoms with Crippen molar-refractivity contribution in [1.29, 1.82) is 0 Å². The summed E-state index contributed by atoms with van der Waals surface area (Å²) in [5, 5.41) is 3.49. The van der Waals surface area contributed by atoms with Crippen LogP contribution in [0.4, 0.5) is 4.39 Å². The van der Waals surface area contributed by atoms with Crippen LogP contribution in [0, 0.1) is 5.82 Å². The fourth-order valence-electron chi connectivity index (χ4n) is 2.46. The van der Waals surface area contributed by atoms with Crippen LogP contribution in [0.5, 0.6) is 0 Å². The number of rotatable bonds is 10. The molecular weight excluding hydrogens is 317 g/mol. The summed E-state index contributed by atoms with van der Waals surface area (Å²) in [5.41, 5.74) is 0.788. The minimum atomic E-state index is -0.110. The number of unbranched alkanes of at least 4 members (excludes halogenated alkanes) is 4. The van der Waals surface area contributed by atoms with Crippen LogP contribution in [0.25, 0.3) is 0 Å². The Bertz CT molecular complexity index is 361. The molecule has 1 aromatic rings. The Kier molecular flexibility index (Phi) is 9.12. The van der Waals surface area contributed by atoms with Gasteiger partial charge in [-0.05, 0) is 31.5 Å². The molecule has 1 aromatic carbocycles. The first-order chi connectivity index (χ1) is 9.70. The normalized spacial score (nSPS) is 12.6. The molecule has 0 amide bonds. The molecule has 114 valence electrons.